The normalized spacial score (nSPS) is 21.4. The van der Waals surface area contributed by atoms with E-state index in [0.29, 0.717) is 18.8 Å². The molecule has 0 radical (unpaired) electrons. The number of amides is 2. The van der Waals surface area contributed by atoms with E-state index in [1.54, 1.807) is 0 Å². The number of rotatable bonds is 9. The molecule has 188 valence electrons. The van der Waals surface area contributed by atoms with E-state index in [1.165, 1.54) is 0 Å². The Kier molecular flexibility index (Phi) is 7.64. The maximum atomic E-state index is 11.8. The Balaban J connectivity index is 1.48. The van der Waals surface area contributed by atoms with Crippen LogP contribution in [0, 0.1) is 20.8 Å². The van der Waals surface area contributed by atoms with Gasteiger partial charge in [0.25, 0.3) is 5.24 Å². The van der Waals surface area contributed by atoms with Crippen LogP contribution < -0.4 is 14.8 Å². The van der Waals surface area contributed by atoms with Crippen molar-refractivity contribution in [1.29, 1.82) is 0 Å². The van der Waals surface area contributed by atoms with Crippen LogP contribution in [-0.4, -0.2) is 33.7 Å². The van der Waals surface area contributed by atoms with Gasteiger partial charge in [0, 0.05) is 5.56 Å². The highest BCUT2D eigenvalue weighted by Crippen LogP contribution is 2.44. The number of hydrogen-bond acceptors (Lipinski definition) is 6. The maximum Gasteiger partial charge on any atom is 0.286 e. The second-order valence-corrected chi connectivity index (χ2v) is 11.0. The van der Waals surface area contributed by atoms with Crippen molar-refractivity contribution < 1.29 is 24.2 Å². The van der Waals surface area contributed by atoms with Gasteiger partial charge >= 0.3 is 0 Å². The molecule has 0 saturated carbocycles. The third-order valence-electron chi connectivity index (χ3n) is 7.34. The molecular weight excluding hydrogens is 462 g/mol. The minimum absolute atomic E-state index is 0.224. The maximum absolute atomic E-state index is 11.8. The lowest BCUT2D eigenvalue weighted by atomic mass is 9.84. The summed E-state index contributed by atoms with van der Waals surface area (Å²) in [5.41, 5.74) is 4.46. The Labute approximate surface area is 211 Å². The van der Waals surface area contributed by atoms with Crippen LogP contribution in [0.15, 0.2) is 24.3 Å². The molecule has 2 amide bonds. The summed E-state index contributed by atoms with van der Waals surface area (Å²) < 4.78 is 13.0. The van der Waals surface area contributed by atoms with E-state index in [-0.39, 0.29) is 16.4 Å². The summed E-state index contributed by atoms with van der Waals surface area (Å²) >= 11 is 1.05. The molecule has 4 rings (SSSR count). The van der Waals surface area contributed by atoms with E-state index in [9.17, 15) is 14.7 Å². The van der Waals surface area contributed by atoms with Gasteiger partial charge in [0.1, 0.15) is 29.5 Å². The first-order valence-corrected chi connectivity index (χ1v) is 13.3. The zero-order valence-electron chi connectivity index (χ0n) is 21.0. The number of ether oxygens (including phenoxy) is 2. The van der Waals surface area contributed by atoms with Gasteiger partial charge in [-0.25, -0.2) is 0 Å². The Morgan fingerprint density at radius 1 is 1.11 bits per heavy atom. The lowest BCUT2D eigenvalue weighted by Gasteiger charge is -2.40. The fraction of sp³-hybridized carbons (Fsp3) is 0.500. The molecule has 2 aliphatic heterocycles. The van der Waals surface area contributed by atoms with E-state index in [2.05, 4.69) is 12.2 Å². The molecule has 2 unspecified atom stereocenters. The Morgan fingerprint density at radius 3 is 2.51 bits per heavy atom. The van der Waals surface area contributed by atoms with E-state index in [1.807, 2.05) is 45.0 Å². The lowest BCUT2D eigenvalue weighted by Crippen LogP contribution is -2.45. The summed E-state index contributed by atoms with van der Waals surface area (Å²) in [5.74, 6) is 1.81. The summed E-state index contributed by atoms with van der Waals surface area (Å²) in [7, 11) is 0. The largest absolute Gasteiger partial charge is 0.507 e. The van der Waals surface area contributed by atoms with Crippen LogP contribution in [0.4, 0.5) is 4.79 Å². The fourth-order valence-corrected chi connectivity index (χ4v) is 5.81. The molecule has 2 aliphatic rings. The minimum atomic E-state index is -0.416. The zero-order chi connectivity index (χ0) is 25.2. The Hall–Kier alpha value is -2.67. The third-order valence-corrected chi connectivity index (χ3v) is 8.32. The number of carbonyl (C=O) groups is 2. The predicted molar refractivity (Wildman–Crippen MR) is 139 cm³/mol. The summed E-state index contributed by atoms with van der Waals surface area (Å²) in [4.78, 5) is 23.3. The molecule has 1 fully saturated rings. The van der Waals surface area contributed by atoms with Crippen LogP contribution in [0.2, 0.25) is 0 Å². The van der Waals surface area contributed by atoms with Crippen molar-refractivity contribution in [1.82, 2.24) is 5.32 Å². The van der Waals surface area contributed by atoms with Crippen molar-refractivity contribution in [3.05, 3.63) is 52.1 Å². The van der Waals surface area contributed by atoms with E-state index >= 15 is 0 Å². The summed E-state index contributed by atoms with van der Waals surface area (Å²) in [6.45, 7) is 8.58. The van der Waals surface area contributed by atoms with E-state index < -0.39 is 5.60 Å². The van der Waals surface area contributed by atoms with Crippen molar-refractivity contribution in [2.75, 3.05) is 6.61 Å². The van der Waals surface area contributed by atoms with Crippen LogP contribution in [0.5, 0.6) is 17.2 Å². The highest BCUT2D eigenvalue weighted by molar-refractivity contribution is 8.15. The van der Waals surface area contributed by atoms with Gasteiger partial charge in [-0.05, 0) is 87.3 Å². The van der Waals surface area contributed by atoms with Crippen molar-refractivity contribution in [3.8, 4) is 17.2 Å². The van der Waals surface area contributed by atoms with Gasteiger partial charge in [0.05, 0.1) is 5.25 Å². The molecule has 6 nitrogen and oxygen atoms in total. The van der Waals surface area contributed by atoms with Gasteiger partial charge in [0.2, 0.25) is 5.91 Å². The molecule has 0 bridgehead atoms. The van der Waals surface area contributed by atoms with E-state index in [0.717, 1.165) is 89.6 Å². The molecule has 2 aromatic carbocycles. The number of phenolic OH excluding ortho intramolecular Hbond substituents is 1. The van der Waals surface area contributed by atoms with E-state index in [4.69, 9.17) is 9.47 Å². The van der Waals surface area contributed by atoms with Gasteiger partial charge in [-0.1, -0.05) is 43.7 Å². The van der Waals surface area contributed by atoms with Crippen LogP contribution in [0.25, 0.3) is 0 Å². The molecule has 2 N–H and O–H groups in total. The standard InChI is InChI=1S/C28H35NO5S/c1-5-6-7-13-28(14-12-22-19(4)24(30)17(2)18(3)25(22)34-28)16-33-21-10-8-20(9-11-21)15-23-26(31)29-27(32)35-23/h8-11,23,30H,5-7,12-16H2,1-4H3,(H,29,31,32). The molecule has 2 aromatic rings. The molecule has 0 spiro atoms. The highest BCUT2D eigenvalue weighted by Gasteiger charge is 2.39. The Morgan fingerprint density at radius 2 is 1.86 bits per heavy atom. The fourth-order valence-electron chi connectivity index (χ4n) is 4.95. The van der Waals surface area contributed by atoms with Crippen LogP contribution >= 0.6 is 11.8 Å². The second kappa shape index (κ2) is 10.5. The molecule has 2 atom stereocenters. The number of thioether (sulfide) groups is 1. The van der Waals surface area contributed by atoms with Crippen molar-refractivity contribution in [2.24, 2.45) is 0 Å². The lowest BCUT2D eigenvalue weighted by molar-refractivity contribution is -0.118. The second-order valence-electron chi connectivity index (χ2n) is 9.79. The van der Waals surface area contributed by atoms with Crippen LogP contribution in [0.1, 0.15) is 66.8 Å². The number of imide groups is 1. The first-order valence-electron chi connectivity index (χ1n) is 12.5. The smallest absolute Gasteiger partial charge is 0.286 e. The number of fused-ring (bicyclic) bond motifs is 1. The monoisotopic (exact) mass is 497 g/mol. The molecule has 1 saturated heterocycles. The SMILES string of the molecule is CCCCCC1(COc2ccc(CC3SC(=O)NC3=O)cc2)CCc2c(C)c(O)c(C)c(C)c2O1. The third kappa shape index (κ3) is 5.45. The average Bonchev–Trinajstić information content (AvgIpc) is 3.17. The summed E-state index contributed by atoms with van der Waals surface area (Å²) in [6, 6.07) is 7.74. The minimum Gasteiger partial charge on any atom is -0.507 e. The van der Waals surface area contributed by atoms with Gasteiger partial charge in [-0.15, -0.1) is 0 Å². The van der Waals surface area contributed by atoms with Gasteiger partial charge in [-0.2, -0.15) is 0 Å². The van der Waals surface area contributed by atoms with Crippen LogP contribution in [-0.2, 0) is 17.6 Å². The molecule has 0 aromatic heterocycles. The summed E-state index contributed by atoms with van der Waals surface area (Å²) in [5, 5.41) is 12.2. The first-order chi connectivity index (χ1) is 16.7. The number of hydrogen-bond donors (Lipinski definition) is 2. The van der Waals surface area contributed by atoms with Crippen molar-refractivity contribution in [3.63, 3.8) is 0 Å². The topological polar surface area (TPSA) is 84.9 Å². The first kappa shape index (κ1) is 25.4. The summed E-state index contributed by atoms with van der Waals surface area (Å²) in [6.07, 6.45) is 6.48. The highest BCUT2D eigenvalue weighted by atomic mass is 32.2. The van der Waals surface area contributed by atoms with Crippen molar-refractivity contribution >= 4 is 22.9 Å². The number of nitrogens with one attached hydrogen (secondary N) is 1. The molecule has 35 heavy (non-hydrogen) atoms. The number of benzene rings is 2. The number of carbonyl (C=O) groups excluding carboxylic acids is 2. The number of phenols is 1. The van der Waals surface area contributed by atoms with Gasteiger partial charge in [0.15, 0.2) is 0 Å². The molecular formula is C28H35NO5S. The predicted octanol–water partition coefficient (Wildman–Crippen LogP) is 5.93. The average molecular weight is 498 g/mol. The van der Waals surface area contributed by atoms with Gasteiger partial charge < -0.3 is 14.6 Å². The number of aromatic hydroxyl groups is 1. The molecule has 0 aliphatic carbocycles. The zero-order valence-corrected chi connectivity index (χ0v) is 21.8. The molecule has 2 heterocycles. The molecule has 7 heteroatoms. The van der Waals surface area contributed by atoms with Crippen molar-refractivity contribution in [2.45, 2.75) is 83.5 Å². The number of unbranched alkanes of at least 4 members (excludes halogenated alkanes) is 2. The van der Waals surface area contributed by atoms with Gasteiger partial charge in [-0.3, -0.25) is 14.9 Å². The van der Waals surface area contributed by atoms with Crippen LogP contribution in [0.3, 0.4) is 0 Å². The quantitative estimate of drug-likeness (QED) is 0.418. The Bertz CT molecular complexity index is 1110.